The predicted octanol–water partition coefficient (Wildman–Crippen LogP) is 5.62. The van der Waals surface area contributed by atoms with E-state index in [0.717, 1.165) is 11.6 Å². The molecule has 0 aliphatic carbocycles. The summed E-state index contributed by atoms with van der Waals surface area (Å²) < 4.78 is 9.99. The first-order chi connectivity index (χ1) is 13.3. The maximum atomic E-state index is 11.7. The van der Waals surface area contributed by atoms with Crippen LogP contribution in [0.5, 0.6) is 5.75 Å². The normalized spacial score (nSPS) is 11.2. The highest BCUT2D eigenvalue weighted by molar-refractivity contribution is 5.81. The van der Waals surface area contributed by atoms with Gasteiger partial charge < -0.3 is 14.8 Å². The number of hydrogen-bond donors (Lipinski definition) is 1. The van der Waals surface area contributed by atoms with Gasteiger partial charge in [-0.3, -0.25) is 0 Å². The Labute approximate surface area is 169 Å². The van der Waals surface area contributed by atoms with Crippen molar-refractivity contribution in [3.63, 3.8) is 0 Å². The van der Waals surface area contributed by atoms with Crippen LogP contribution >= 0.6 is 0 Å². The predicted molar refractivity (Wildman–Crippen MR) is 115 cm³/mol. The third-order valence-electron chi connectivity index (χ3n) is 4.03. The van der Waals surface area contributed by atoms with Crippen LogP contribution in [0.2, 0.25) is 0 Å². The van der Waals surface area contributed by atoms with Crippen molar-refractivity contribution in [1.82, 2.24) is 5.32 Å². The summed E-state index contributed by atoms with van der Waals surface area (Å²) in [5, 5.41) is 2.52. The van der Waals surface area contributed by atoms with Crippen LogP contribution in [0, 0.1) is 11.8 Å². The van der Waals surface area contributed by atoms with Crippen LogP contribution in [0.15, 0.2) is 42.5 Å². The number of hydrogen-bond acceptors (Lipinski definition) is 4. The summed E-state index contributed by atoms with van der Waals surface area (Å²) in [4.78, 5) is 22.6. The number of nitrogens with one attached hydrogen (secondary N) is 1. The van der Waals surface area contributed by atoms with Gasteiger partial charge in [-0.2, -0.15) is 0 Å². The first-order valence-corrected chi connectivity index (χ1v) is 9.82. The molecule has 0 spiro atoms. The fourth-order valence-corrected chi connectivity index (χ4v) is 2.54. The van der Waals surface area contributed by atoms with Crippen LogP contribution in [0.1, 0.15) is 54.0 Å². The van der Waals surface area contributed by atoms with Crippen LogP contribution in [0.25, 0.3) is 5.57 Å². The van der Waals surface area contributed by atoms with Crippen molar-refractivity contribution in [3.05, 3.63) is 48.1 Å². The molecule has 1 N–H and O–H groups in total. The standard InChI is InChI=1S/C21H29NO4.C2H6/c1-7-19(23)25-13-12-22-21(24)26-18-10-8-17(9-11-18)20(15(4)5)16(6)14(2)3;1-2/h7-11,14-15H,1,12-13H2,2-6H3,(H,22,24);1-2H3/b20-16+;. The highest BCUT2D eigenvalue weighted by Crippen LogP contribution is 2.31. The molecule has 0 radical (unpaired) electrons. The second-order valence-corrected chi connectivity index (χ2v) is 6.62. The molecule has 0 bridgehead atoms. The van der Waals surface area contributed by atoms with Crippen molar-refractivity contribution in [2.75, 3.05) is 13.2 Å². The zero-order valence-corrected chi connectivity index (χ0v) is 18.3. The van der Waals surface area contributed by atoms with Gasteiger partial charge in [0.25, 0.3) is 0 Å². The number of ether oxygens (including phenoxy) is 2. The Morgan fingerprint density at radius 2 is 1.64 bits per heavy atom. The summed E-state index contributed by atoms with van der Waals surface area (Å²) in [5.74, 6) is 0.816. The van der Waals surface area contributed by atoms with E-state index in [1.165, 1.54) is 11.1 Å². The first kappa shape index (κ1) is 25.4. The van der Waals surface area contributed by atoms with Gasteiger partial charge in [0, 0.05) is 6.08 Å². The summed E-state index contributed by atoms with van der Waals surface area (Å²) >= 11 is 0. The molecule has 0 heterocycles. The molecular weight excluding hydrogens is 354 g/mol. The Morgan fingerprint density at radius 3 is 2.11 bits per heavy atom. The summed E-state index contributed by atoms with van der Waals surface area (Å²) in [5.41, 5.74) is 3.82. The van der Waals surface area contributed by atoms with Crippen molar-refractivity contribution in [3.8, 4) is 5.75 Å². The van der Waals surface area contributed by atoms with Gasteiger partial charge in [-0.25, -0.2) is 9.59 Å². The van der Waals surface area contributed by atoms with Gasteiger partial charge >= 0.3 is 12.1 Å². The highest BCUT2D eigenvalue weighted by atomic mass is 16.6. The van der Waals surface area contributed by atoms with Crippen LogP contribution in [0.4, 0.5) is 4.79 Å². The number of esters is 1. The summed E-state index contributed by atoms with van der Waals surface area (Å²) in [7, 11) is 0. The van der Waals surface area contributed by atoms with E-state index in [0.29, 0.717) is 17.6 Å². The molecule has 0 saturated heterocycles. The molecule has 0 aromatic heterocycles. The molecule has 0 saturated carbocycles. The monoisotopic (exact) mass is 389 g/mol. The van der Waals surface area contributed by atoms with Gasteiger partial charge in [-0.15, -0.1) is 0 Å². The van der Waals surface area contributed by atoms with Crippen molar-refractivity contribution < 1.29 is 19.1 Å². The largest absolute Gasteiger partial charge is 0.461 e. The van der Waals surface area contributed by atoms with Gasteiger partial charge in [-0.05, 0) is 42.0 Å². The SMILES string of the molecule is C=CC(=O)OCCNC(=O)Oc1ccc(/C(=C(\C)C(C)C)C(C)C)cc1.CC. The topological polar surface area (TPSA) is 64.6 Å². The van der Waals surface area contributed by atoms with E-state index < -0.39 is 12.1 Å². The Morgan fingerprint density at radius 1 is 1.07 bits per heavy atom. The third-order valence-corrected chi connectivity index (χ3v) is 4.03. The molecular formula is C23H35NO4. The third kappa shape index (κ3) is 8.89. The van der Waals surface area contributed by atoms with Crippen LogP contribution in [-0.2, 0) is 9.53 Å². The number of carbonyl (C=O) groups excluding carboxylic acids is 2. The number of allylic oxidation sites excluding steroid dienone is 2. The smallest absolute Gasteiger partial charge is 0.412 e. The molecule has 28 heavy (non-hydrogen) atoms. The molecule has 0 aliphatic heterocycles. The van der Waals surface area contributed by atoms with E-state index in [9.17, 15) is 9.59 Å². The second-order valence-electron chi connectivity index (χ2n) is 6.62. The molecule has 1 rings (SSSR count). The molecule has 1 amide bonds. The van der Waals surface area contributed by atoms with Crippen LogP contribution in [0.3, 0.4) is 0 Å². The molecule has 1 aromatic carbocycles. The van der Waals surface area contributed by atoms with Crippen molar-refractivity contribution in [1.29, 1.82) is 0 Å². The average molecular weight is 390 g/mol. The minimum atomic E-state index is -0.592. The fraction of sp³-hybridized carbons (Fsp3) is 0.478. The Bertz CT molecular complexity index is 658. The van der Waals surface area contributed by atoms with Gasteiger partial charge in [0.2, 0.25) is 0 Å². The summed E-state index contributed by atoms with van der Waals surface area (Å²) in [6.45, 7) is 18.4. The lowest BCUT2D eigenvalue weighted by Gasteiger charge is -2.19. The number of benzene rings is 1. The Hall–Kier alpha value is -2.56. The van der Waals surface area contributed by atoms with Gasteiger partial charge in [0.15, 0.2) is 0 Å². The van der Waals surface area contributed by atoms with Crippen LogP contribution < -0.4 is 10.1 Å². The van der Waals surface area contributed by atoms with Gasteiger partial charge in [-0.1, -0.05) is 65.8 Å². The van der Waals surface area contributed by atoms with Crippen molar-refractivity contribution in [2.45, 2.75) is 48.5 Å². The molecule has 156 valence electrons. The number of rotatable bonds is 8. The number of carbonyl (C=O) groups is 2. The van der Waals surface area contributed by atoms with E-state index in [4.69, 9.17) is 9.47 Å². The lowest BCUT2D eigenvalue weighted by atomic mass is 9.87. The van der Waals surface area contributed by atoms with Crippen LogP contribution in [-0.4, -0.2) is 25.2 Å². The summed E-state index contributed by atoms with van der Waals surface area (Å²) in [6, 6.07) is 7.50. The number of amides is 1. The van der Waals surface area contributed by atoms with Gasteiger partial charge in [0.1, 0.15) is 12.4 Å². The van der Waals surface area contributed by atoms with E-state index in [1.54, 1.807) is 12.1 Å². The zero-order valence-electron chi connectivity index (χ0n) is 18.3. The lowest BCUT2D eigenvalue weighted by Crippen LogP contribution is -2.30. The van der Waals surface area contributed by atoms with Gasteiger partial charge in [0.05, 0.1) is 6.54 Å². The fourth-order valence-electron chi connectivity index (χ4n) is 2.54. The van der Waals surface area contributed by atoms with E-state index in [1.807, 2.05) is 26.0 Å². The minimum Gasteiger partial charge on any atom is -0.461 e. The molecule has 0 unspecified atom stereocenters. The van der Waals surface area contributed by atoms with E-state index in [-0.39, 0.29) is 13.2 Å². The van der Waals surface area contributed by atoms with E-state index >= 15 is 0 Å². The van der Waals surface area contributed by atoms with Crippen molar-refractivity contribution >= 4 is 17.6 Å². The Balaban J connectivity index is 0.00000352. The maximum absolute atomic E-state index is 11.7. The second kappa shape index (κ2) is 13.6. The molecule has 1 aromatic rings. The Kier molecular flexibility index (Phi) is 12.3. The van der Waals surface area contributed by atoms with E-state index in [2.05, 4.69) is 46.5 Å². The summed E-state index contributed by atoms with van der Waals surface area (Å²) in [6.07, 6.45) is 0.478. The highest BCUT2D eigenvalue weighted by Gasteiger charge is 2.13. The lowest BCUT2D eigenvalue weighted by molar-refractivity contribution is -0.137. The first-order valence-electron chi connectivity index (χ1n) is 9.82. The molecule has 0 atom stereocenters. The molecule has 0 fully saturated rings. The maximum Gasteiger partial charge on any atom is 0.412 e. The quantitative estimate of drug-likeness (QED) is 0.356. The average Bonchev–Trinajstić information content (AvgIpc) is 2.67. The van der Waals surface area contributed by atoms with Crippen molar-refractivity contribution in [2.24, 2.45) is 11.8 Å². The molecule has 5 nitrogen and oxygen atoms in total. The molecule has 0 aliphatic rings. The minimum absolute atomic E-state index is 0.0654. The zero-order chi connectivity index (χ0) is 21.7. The molecule has 5 heteroatoms.